The lowest BCUT2D eigenvalue weighted by Gasteiger charge is -2.26. The van der Waals surface area contributed by atoms with Crippen molar-refractivity contribution >= 4 is 10.2 Å². The van der Waals surface area contributed by atoms with E-state index in [2.05, 4.69) is 4.72 Å². The van der Waals surface area contributed by atoms with Crippen LogP contribution in [0.25, 0.3) is 0 Å². The Labute approximate surface area is 110 Å². The summed E-state index contributed by atoms with van der Waals surface area (Å²) in [7, 11) is -3.40. The molecule has 0 saturated carbocycles. The van der Waals surface area contributed by atoms with E-state index in [4.69, 9.17) is 0 Å². The Hall–Kier alpha value is -0.910. The summed E-state index contributed by atoms with van der Waals surface area (Å²) < 4.78 is 28.4. The molecule has 5 heteroatoms. The lowest BCUT2D eigenvalue weighted by Crippen LogP contribution is -2.44. The van der Waals surface area contributed by atoms with E-state index in [0.717, 1.165) is 12.0 Å². The second-order valence-corrected chi connectivity index (χ2v) is 6.23. The van der Waals surface area contributed by atoms with Crippen LogP contribution in [0.3, 0.4) is 0 Å². The van der Waals surface area contributed by atoms with Gasteiger partial charge in [0.1, 0.15) is 0 Å². The number of hydrogen-bond donors (Lipinski definition) is 1. The SMILES string of the molecule is CCCNS(=O)(=O)N(Cc1ccccc1)C(C)C. The average Bonchev–Trinajstić information content (AvgIpc) is 2.34. The molecule has 0 radical (unpaired) electrons. The molecule has 0 fully saturated rings. The molecule has 0 unspecified atom stereocenters. The molecule has 0 aliphatic heterocycles. The fraction of sp³-hybridized carbons (Fsp3) is 0.538. The predicted octanol–water partition coefficient (Wildman–Crippen LogP) is 2.14. The van der Waals surface area contributed by atoms with Gasteiger partial charge in [0.25, 0.3) is 10.2 Å². The van der Waals surface area contributed by atoms with Gasteiger partial charge in [0, 0.05) is 19.1 Å². The normalized spacial score (nSPS) is 12.3. The largest absolute Gasteiger partial charge is 0.279 e. The maximum Gasteiger partial charge on any atom is 0.279 e. The van der Waals surface area contributed by atoms with Crippen molar-refractivity contribution in [3.8, 4) is 0 Å². The van der Waals surface area contributed by atoms with Crippen LogP contribution in [-0.2, 0) is 16.8 Å². The van der Waals surface area contributed by atoms with Crippen molar-refractivity contribution in [3.05, 3.63) is 35.9 Å². The minimum atomic E-state index is -3.40. The zero-order valence-corrected chi connectivity index (χ0v) is 12.1. The molecule has 0 heterocycles. The maximum atomic E-state index is 12.2. The second kappa shape index (κ2) is 6.87. The summed E-state index contributed by atoms with van der Waals surface area (Å²) in [6, 6.07) is 9.56. The third-order valence-corrected chi connectivity index (χ3v) is 4.34. The van der Waals surface area contributed by atoms with Crippen molar-refractivity contribution in [2.24, 2.45) is 0 Å². The number of rotatable bonds is 7. The van der Waals surface area contributed by atoms with Gasteiger partial charge >= 0.3 is 0 Å². The first kappa shape index (κ1) is 15.1. The van der Waals surface area contributed by atoms with Gasteiger partial charge < -0.3 is 0 Å². The molecule has 1 N–H and O–H groups in total. The molecule has 1 rings (SSSR count). The van der Waals surface area contributed by atoms with Crippen LogP contribution in [0.4, 0.5) is 0 Å². The molecule has 0 amide bonds. The second-order valence-electron chi connectivity index (χ2n) is 4.52. The van der Waals surface area contributed by atoms with Crippen molar-refractivity contribution in [2.75, 3.05) is 6.54 Å². The van der Waals surface area contributed by atoms with E-state index in [1.807, 2.05) is 51.1 Å². The van der Waals surface area contributed by atoms with Crippen LogP contribution in [0, 0.1) is 0 Å². The lowest BCUT2D eigenvalue weighted by atomic mass is 10.2. The van der Waals surface area contributed by atoms with Crippen LogP contribution in [0.5, 0.6) is 0 Å². The van der Waals surface area contributed by atoms with Gasteiger partial charge in [-0.2, -0.15) is 12.7 Å². The van der Waals surface area contributed by atoms with Crippen molar-refractivity contribution in [1.82, 2.24) is 9.03 Å². The summed E-state index contributed by atoms with van der Waals surface area (Å²) in [5.74, 6) is 0. The highest BCUT2D eigenvalue weighted by atomic mass is 32.2. The van der Waals surface area contributed by atoms with Gasteiger partial charge in [0.05, 0.1) is 0 Å². The van der Waals surface area contributed by atoms with Crippen molar-refractivity contribution in [1.29, 1.82) is 0 Å². The summed E-state index contributed by atoms with van der Waals surface area (Å²) in [6.45, 7) is 6.58. The first-order chi connectivity index (χ1) is 8.47. The molecule has 1 aromatic rings. The number of hydrogen-bond acceptors (Lipinski definition) is 2. The molecule has 18 heavy (non-hydrogen) atoms. The van der Waals surface area contributed by atoms with E-state index in [9.17, 15) is 8.42 Å². The maximum absolute atomic E-state index is 12.2. The highest BCUT2D eigenvalue weighted by Gasteiger charge is 2.24. The quantitative estimate of drug-likeness (QED) is 0.825. The van der Waals surface area contributed by atoms with Gasteiger partial charge in [0.15, 0.2) is 0 Å². The Morgan fingerprint density at radius 3 is 2.33 bits per heavy atom. The predicted molar refractivity (Wildman–Crippen MR) is 74.3 cm³/mol. The van der Waals surface area contributed by atoms with E-state index in [1.165, 1.54) is 4.31 Å². The molecule has 0 aliphatic rings. The zero-order valence-electron chi connectivity index (χ0n) is 11.3. The van der Waals surface area contributed by atoms with Crippen LogP contribution in [-0.4, -0.2) is 25.3 Å². The van der Waals surface area contributed by atoms with Gasteiger partial charge in [-0.15, -0.1) is 0 Å². The first-order valence-corrected chi connectivity index (χ1v) is 7.71. The van der Waals surface area contributed by atoms with Gasteiger partial charge in [-0.3, -0.25) is 0 Å². The number of benzene rings is 1. The average molecular weight is 270 g/mol. The molecule has 102 valence electrons. The molecule has 4 nitrogen and oxygen atoms in total. The summed E-state index contributed by atoms with van der Waals surface area (Å²) in [5.41, 5.74) is 0.994. The monoisotopic (exact) mass is 270 g/mol. The van der Waals surface area contributed by atoms with Crippen molar-refractivity contribution < 1.29 is 8.42 Å². The Morgan fingerprint density at radius 1 is 1.22 bits per heavy atom. The Kier molecular flexibility index (Phi) is 5.78. The summed E-state index contributed by atoms with van der Waals surface area (Å²) in [6.07, 6.45) is 0.788. The van der Waals surface area contributed by atoms with E-state index >= 15 is 0 Å². The molecule has 0 saturated heterocycles. The number of nitrogens with one attached hydrogen (secondary N) is 1. The molecule has 1 aromatic carbocycles. The van der Waals surface area contributed by atoms with Crippen molar-refractivity contribution in [3.63, 3.8) is 0 Å². The third kappa shape index (κ3) is 4.40. The molecule has 0 aliphatic carbocycles. The number of nitrogens with zero attached hydrogens (tertiary/aromatic N) is 1. The summed E-state index contributed by atoms with van der Waals surface area (Å²) >= 11 is 0. The standard InChI is InChI=1S/C13H22N2O2S/c1-4-10-14-18(16,17)15(12(2)3)11-13-8-6-5-7-9-13/h5-9,12,14H,4,10-11H2,1-3H3. The van der Waals surface area contributed by atoms with Gasteiger partial charge in [0.2, 0.25) is 0 Å². The van der Waals surface area contributed by atoms with E-state index in [0.29, 0.717) is 13.1 Å². The topological polar surface area (TPSA) is 49.4 Å². The third-order valence-electron chi connectivity index (χ3n) is 2.60. The first-order valence-electron chi connectivity index (χ1n) is 6.27. The molecule has 0 atom stereocenters. The molecule has 0 spiro atoms. The molecular formula is C13H22N2O2S. The van der Waals surface area contributed by atoms with Crippen molar-refractivity contribution in [2.45, 2.75) is 39.8 Å². The van der Waals surface area contributed by atoms with Crippen LogP contribution < -0.4 is 4.72 Å². The fourth-order valence-corrected chi connectivity index (χ4v) is 3.12. The van der Waals surface area contributed by atoms with E-state index < -0.39 is 10.2 Å². The van der Waals surface area contributed by atoms with Crippen LogP contribution in [0.15, 0.2) is 30.3 Å². The lowest BCUT2D eigenvalue weighted by molar-refractivity contribution is 0.342. The van der Waals surface area contributed by atoms with E-state index in [1.54, 1.807) is 0 Å². The Bertz CT molecular complexity index is 443. The van der Waals surface area contributed by atoms with Gasteiger partial charge in [-0.1, -0.05) is 37.3 Å². The summed E-state index contributed by atoms with van der Waals surface area (Å²) in [4.78, 5) is 0. The highest BCUT2D eigenvalue weighted by Crippen LogP contribution is 2.12. The van der Waals surface area contributed by atoms with Crippen LogP contribution in [0.2, 0.25) is 0 Å². The van der Waals surface area contributed by atoms with Crippen LogP contribution >= 0.6 is 0 Å². The van der Waals surface area contributed by atoms with Crippen LogP contribution in [0.1, 0.15) is 32.8 Å². The molecule has 0 aromatic heterocycles. The fourth-order valence-electron chi connectivity index (χ4n) is 1.62. The minimum Gasteiger partial charge on any atom is -0.202 e. The minimum absolute atomic E-state index is 0.0698. The van der Waals surface area contributed by atoms with Gasteiger partial charge in [-0.25, -0.2) is 4.72 Å². The Morgan fingerprint density at radius 2 is 1.83 bits per heavy atom. The molecule has 0 bridgehead atoms. The Balaban J connectivity index is 2.83. The van der Waals surface area contributed by atoms with Gasteiger partial charge in [-0.05, 0) is 25.8 Å². The smallest absolute Gasteiger partial charge is 0.202 e. The van der Waals surface area contributed by atoms with E-state index in [-0.39, 0.29) is 6.04 Å². The highest BCUT2D eigenvalue weighted by molar-refractivity contribution is 7.87. The zero-order chi connectivity index (χ0) is 13.6. The molecular weight excluding hydrogens is 248 g/mol. The summed E-state index contributed by atoms with van der Waals surface area (Å²) in [5, 5.41) is 0.